The Bertz CT molecular complexity index is 175. The highest BCUT2D eigenvalue weighted by Gasteiger charge is 2.03. The molecule has 0 aliphatic carbocycles. The summed E-state index contributed by atoms with van der Waals surface area (Å²) in [7, 11) is 0. The van der Waals surface area contributed by atoms with Crippen LogP contribution >= 0.6 is 0 Å². The number of nitrogens with two attached hydrogens (primary N) is 1. The fourth-order valence-electron chi connectivity index (χ4n) is 0.553. The molecule has 0 aliphatic heterocycles. The lowest BCUT2D eigenvalue weighted by molar-refractivity contribution is -0.132. The summed E-state index contributed by atoms with van der Waals surface area (Å²) in [5.74, 6) is -0.896. The molecule has 0 bridgehead atoms. The molecule has 0 unspecified atom stereocenters. The number of carbonyl (C=O) groups is 1. The van der Waals surface area contributed by atoms with Crippen LogP contribution in [0.1, 0.15) is 13.8 Å². The molecule has 0 amide bonds. The maximum atomic E-state index is 10.4. The molecule has 64 valence electrons. The summed E-state index contributed by atoms with van der Waals surface area (Å²) < 4.78 is 0. The van der Waals surface area contributed by atoms with Crippen molar-refractivity contribution in [2.75, 3.05) is 13.1 Å². The van der Waals surface area contributed by atoms with Gasteiger partial charge in [0.2, 0.25) is 0 Å². The predicted octanol–water partition coefficient (Wildman–Crippen LogP) is -0.0868. The Morgan fingerprint density at radius 3 is 2.45 bits per heavy atom. The number of carboxylic acid groups (broad SMARTS) is 1. The van der Waals surface area contributed by atoms with Crippen molar-refractivity contribution in [2.24, 2.45) is 5.73 Å². The van der Waals surface area contributed by atoms with Gasteiger partial charge in [-0.15, -0.1) is 0 Å². The van der Waals surface area contributed by atoms with Crippen molar-refractivity contribution in [1.29, 1.82) is 0 Å². The second-order valence-corrected chi connectivity index (χ2v) is 2.27. The van der Waals surface area contributed by atoms with E-state index in [9.17, 15) is 4.79 Å². The van der Waals surface area contributed by atoms with E-state index in [0.29, 0.717) is 24.4 Å². The highest BCUT2D eigenvalue weighted by Crippen LogP contribution is 1.98. The number of carboxylic acids is 1. The van der Waals surface area contributed by atoms with Crippen molar-refractivity contribution in [1.82, 2.24) is 5.32 Å². The summed E-state index contributed by atoms with van der Waals surface area (Å²) in [6, 6.07) is 0. The SMILES string of the molecule is CC(NCCN)=C(C)C(=O)O. The van der Waals surface area contributed by atoms with Crippen LogP contribution in [0, 0.1) is 0 Å². The first-order valence-corrected chi connectivity index (χ1v) is 3.44. The van der Waals surface area contributed by atoms with E-state index in [1.54, 1.807) is 13.8 Å². The summed E-state index contributed by atoms with van der Waals surface area (Å²) in [5, 5.41) is 11.4. The van der Waals surface area contributed by atoms with Crippen LogP contribution in [0.2, 0.25) is 0 Å². The number of nitrogens with one attached hydrogen (secondary N) is 1. The van der Waals surface area contributed by atoms with Gasteiger partial charge in [0.15, 0.2) is 0 Å². The van der Waals surface area contributed by atoms with E-state index in [2.05, 4.69) is 5.32 Å². The van der Waals surface area contributed by atoms with Gasteiger partial charge in [-0.05, 0) is 13.8 Å². The maximum Gasteiger partial charge on any atom is 0.333 e. The minimum atomic E-state index is -0.896. The molecule has 0 aromatic heterocycles. The Labute approximate surface area is 66.1 Å². The molecule has 0 saturated carbocycles. The van der Waals surface area contributed by atoms with Crippen LogP contribution in [0.5, 0.6) is 0 Å². The first kappa shape index (κ1) is 9.97. The molecule has 0 saturated heterocycles. The Balaban J connectivity index is 4.05. The van der Waals surface area contributed by atoms with E-state index in [4.69, 9.17) is 10.8 Å². The molecule has 0 aliphatic rings. The lowest BCUT2D eigenvalue weighted by Crippen LogP contribution is -2.22. The molecule has 0 aromatic rings. The molecule has 4 heteroatoms. The van der Waals surface area contributed by atoms with Crippen molar-refractivity contribution in [3.05, 3.63) is 11.3 Å². The van der Waals surface area contributed by atoms with Crippen LogP contribution in [0.25, 0.3) is 0 Å². The van der Waals surface area contributed by atoms with Gasteiger partial charge in [-0.1, -0.05) is 0 Å². The van der Waals surface area contributed by atoms with E-state index in [1.165, 1.54) is 0 Å². The molecule has 0 atom stereocenters. The van der Waals surface area contributed by atoms with Crippen molar-refractivity contribution < 1.29 is 9.90 Å². The average molecular weight is 158 g/mol. The van der Waals surface area contributed by atoms with E-state index < -0.39 is 5.97 Å². The maximum absolute atomic E-state index is 10.4. The van der Waals surface area contributed by atoms with Crippen molar-refractivity contribution in [3.8, 4) is 0 Å². The zero-order valence-corrected chi connectivity index (χ0v) is 6.85. The van der Waals surface area contributed by atoms with Gasteiger partial charge >= 0.3 is 5.97 Å². The highest BCUT2D eigenvalue weighted by molar-refractivity contribution is 5.86. The monoisotopic (exact) mass is 158 g/mol. The van der Waals surface area contributed by atoms with Crippen LogP contribution < -0.4 is 11.1 Å². The van der Waals surface area contributed by atoms with Crippen LogP contribution in [-0.4, -0.2) is 24.2 Å². The Hall–Kier alpha value is -1.03. The molecule has 0 heterocycles. The van der Waals surface area contributed by atoms with Gasteiger partial charge in [-0.3, -0.25) is 0 Å². The van der Waals surface area contributed by atoms with Crippen molar-refractivity contribution >= 4 is 5.97 Å². The summed E-state index contributed by atoms with van der Waals surface area (Å²) >= 11 is 0. The van der Waals surface area contributed by atoms with E-state index in [0.717, 1.165) is 0 Å². The molecule has 0 radical (unpaired) electrons. The fourth-order valence-corrected chi connectivity index (χ4v) is 0.553. The zero-order chi connectivity index (χ0) is 8.85. The zero-order valence-electron chi connectivity index (χ0n) is 6.85. The molecular weight excluding hydrogens is 144 g/mol. The summed E-state index contributed by atoms with van der Waals surface area (Å²) in [6.07, 6.45) is 0. The van der Waals surface area contributed by atoms with Crippen LogP contribution in [0.4, 0.5) is 0 Å². The molecule has 11 heavy (non-hydrogen) atoms. The summed E-state index contributed by atoms with van der Waals surface area (Å²) in [4.78, 5) is 10.4. The summed E-state index contributed by atoms with van der Waals surface area (Å²) in [5.41, 5.74) is 6.22. The molecule has 0 rings (SSSR count). The Kier molecular flexibility index (Phi) is 4.29. The minimum Gasteiger partial charge on any atom is -0.478 e. The summed E-state index contributed by atoms with van der Waals surface area (Å²) in [6.45, 7) is 4.39. The van der Waals surface area contributed by atoms with Gasteiger partial charge in [0.1, 0.15) is 0 Å². The number of aliphatic carboxylic acids is 1. The van der Waals surface area contributed by atoms with Crippen LogP contribution in [0.15, 0.2) is 11.3 Å². The highest BCUT2D eigenvalue weighted by atomic mass is 16.4. The molecular formula is C7H14N2O2. The molecule has 0 aromatic carbocycles. The molecule has 0 fully saturated rings. The first-order valence-electron chi connectivity index (χ1n) is 3.44. The van der Waals surface area contributed by atoms with Gasteiger partial charge < -0.3 is 16.2 Å². The Morgan fingerprint density at radius 2 is 2.09 bits per heavy atom. The van der Waals surface area contributed by atoms with Crippen LogP contribution in [-0.2, 0) is 4.79 Å². The molecule has 4 N–H and O–H groups in total. The van der Waals surface area contributed by atoms with E-state index >= 15 is 0 Å². The predicted molar refractivity (Wildman–Crippen MR) is 43.1 cm³/mol. The van der Waals surface area contributed by atoms with Gasteiger partial charge in [0.05, 0.1) is 5.57 Å². The smallest absolute Gasteiger partial charge is 0.333 e. The van der Waals surface area contributed by atoms with Gasteiger partial charge in [-0.25, -0.2) is 4.79 Å². The molecule has 4 nitrogen and oxygen atoms in total. The normalized spacial score (nSPS) is 12.3. The third-order valence-corrected chi connectivity index (χ3v) is 1.42. The standard InChI is InChI=1S/C7H14N2O2/c1-5(7(10)11)6(2)9-4-3-8/h9H,3-4,8H2,1-2H3,(H,10,11). The lowest BCUT2D eigenvalue weighted by atomic mass is 10.2. The van der Waals surface area contributed by atoms with Gasteiger partial charge in [-0.2, -0.15) is 0 Å². The quantitative estimate of drug-likeness (QED) is 0.500. The largest absolute Gasteiger partial charge is 0.478 e. The minimum absolute atomic E-state index is 0.332. The number of hydrogen-bond acceptors (Lipinski definition) is 3. The van der Waals surface area contributed by atoms with Gasteiger partial charge in [0, 0.05) is 18.8 Å². The number of hydrogen-bond donors (Lipinski definition) is 3. The topological polar surface area (TPSA) is 75.3 Å². The third kappa shape index (κ3) is 3.62. The second-order valence-electron chi connectivity index (χ2n) is 2.27. The van der Waals surface area contributed by atoms with Crippen molar-refractivity contribution in [2.45, 2.75) is 13.8 Å². The van der Waals surface area contributed by atoms with Gasteiger partial charge in [0.25, 0.3) is 0 Å². The second kappa shape index (κ2) is 4.73. The van der Waals surface area contributed by atoms with Crippen molar-refractivity contribution in [3.63, 3.8) is 0 Å². The van der Waals surface area contributed by atoms with E-state index in [-0.39, 0.29) is 0 Å². The number of rotatable bonds is 4. The first-order chi connectivity index (χ1) is 5.09. The average Bonchev–Trinajstić information content (AvgIpc) is 1.98. The lowest BCUT2D eigenvalue weighted by Gasteiger charge is -2.05. The van der Waals surface area contributed by atoms with Crippen LogP contribution in [0.3, 0.4) is 0 Å². The number of allylic oxidation sites excluding steroid dienone is 1. The molecule has 0 spiro atoms. The van der Waals surface area contributed by atoms with E-state index in [1.807, 2.05) is 0 Å². The third-order valence-electron chi connectivity index (χ3n) is 1.42. The fraction of sp³-hybridized carbons (Fsp3) is 0.571. The Morgan fingerprint density at radius 1 is 1.55 bits per heavy atom.